The highest BCUT2D eigenvalue weighted by Crippen LogP contribution is 2.30. The summed E-state index contributed by atoms with van der Waals surface area (Å²) in [7, 11) is 0. The van der Waals surface area contributed by atoms with Gasteiger partial charge in [-0.25, -0.2) is 4.79 Å². The monoisotopic (exact) mass is 228 g/mol. The lowest BCUT2D eigenvalue weighted by Crippen LogP contribution is -1.95. The molecule has 0 aliphatic carbocycles. The predicted octanol–water partition coefficient (Wildman–Crippen LogP) is 1.61. The molecule has 0 spiro atoms. The van der Waals surface area contributed by atoms with Gasteiger partial charge in [0.05, 0.1) is 5.56 Å². The lowest BCUT2D eigenvalue weighted by Gasteiger charge is -1.99. The average Bonchev–Trinajstić information content (AvgIpc) is 2.28. The minimum atomic E-state index is -1.10. The van der Waals surface area contributed by atoms with E-state index in [0.717, 1.165) is 4.47 Å². The van der Waals surface area contributed by atoms with Crippen molar-refractivity contribution < 1.29 is 14.6 Å². The van der Waals surface area contributed by atoms with E-state index >= 15 is 0 Å². The van der Waals surface area contributed by atoms with Gasteiger partial charge in [0.2, 0.25) is 6.29 Å². The first-order chi connectivity index (χ1) is 5.68. The van der Waals surface area contributed by atoms with E-state index in [9.17, 15) is 9.90 Å². The van der Waals surface area contributed by atoms with Crippen molar-refractivity contribution in [3.05, 3.63) is 33.8 Å². The molecule has 1 aromatic carbocycles. The van der Waals surface area contributed by atoms with E-state index in [2.05, 4.69) is 20.7 Å². The van der Waals surface area contributed by atoms with Crippen LogP contribution in [0.4, 0.5) is 0 Å². The molecule has 0 radical (unpaired) electrons. The van der Waals surface area contributed by atoms with Crippen LogP contribution in [-0.4, -0.2) is 11.1 Å². The molecule has 0 saturated heterocycles. The second-order valence-electron chi connectivity index (χ2n) is 2.49. The van der Waals surface area contributed by atoms with Gasteiger partial charge in [-0.3, -0.25) is 0 Å². The summed E-state index contributed by atoms with van der Waals surface area (Å²) in [5.74, 6) is -0.473. The van der Waals surface area contributed by atoms with E-state index in [-0.39, 0.29) is 0 Å². The molecule has 2 rings (SSSR count). The number of rotatable bonds is 0. The van der Waals surface area contributed by atoms with Gasteiger partial charge in [0.1, 0.15) is 0 Å². The number of carbonyl (C=O) groups excluding carboxylic acids is 1. The molecule has 0 saturated carbocycles. The number of esters is 1. The fourth-order valence-electron chi connectivity index (χ4n) is 1.15. The molecule has 0 bridgehead atoms. The van der Waals surface area contributed by atoms with Crippen molar-refractivity contribution in [3.8, 4) is 0 Å². The Morgan fingerprint density at radius 1 is 1.50 bits per heavy atom. The maximum atomic E-state index is 11.0. The molecule has 1 aliphatic rings. The number of benzene rings is 1. The zero-order valence-corrected chi connectivity index (χ0v) is 7.54. The number of cyclic esters (lactones) is 1. The molecular weight excluding hydrogens is 224 g/mol. The number of carbonyl (C=O) groups is 1. The van der Waals surface area contributed by atoms with Crippen LogP contribution < -0.4 is 0 Å². The first-order valence-electron chi connectivity index (χ1n) is 3.37. The Labute approximate surface area is 77.1 Å². The Morgan fingerprint density at radius 3 is 3.00 bits per heavy atom. The van der Waals surface area contributed by atoms with Crippen LogP contribution in [-0.2, 0) is 4.74 Å². The number of hydrogen-bond donors (Lipinski definition) is 1. The molecule has 1 N–H and O–H groups in total. The quantitative estimate of drug-likeness (QED) is 0.687. The van der Waals surface area contributed by atoms with Crippen LogP contribution in [0.3, 0.4) is 0 Å². The van der Waals surface area contributed by atoms with Crippen molar-refractivity contribution >= 4 is 21.9 Å². The zero-order chi connectivity index (χ0) is 8.72. The summed E-state index contributed by atoms with van der Waals surface area (Å²) in [4.78, 5) is 11.0. The minimum Gasteiger partial charge on any atom is -0.428 e. The first-order valence-corrected chi connectivity index (χ1v) is 4.16. The van der Waals surface area contributed by atoms with E-state index in [1.54, 1.807) is 18.2 Å². The van der Waals surface area contributed by atoms with Gasteiger partial charge in [0, 0.05) is 10.0 Å². The number of ether oxygens (including phenoxy) is 1. The molecule has 1 aromatic rings. The minimum absolute atomic E-state index is 0.428. The second kappa shape index (κ2) is 2.57. The largest absolute Gasteiger partial charge is 0.428 e. The number of hydrogen-bond acceptors (Lipinski definition) is 3. The molecule has 0 aromatic heterocycles. The van der Waals surface area contributed by atoms with Gasteiger partial charge in [-0.2, -0.15) is 0 Å². The predicted molar refractivity (Wildman–Crippen MR) is 44.5 cm³/mol. The molecule has 0 fully saturated rings. The summed E-state index contributed by atoms with van der Waals surface area (Å²) in [6, 6.07) is 5.05. The number of aliphatic hydroxyl groups is 1. The van der Waals surface area contributed by atoms with Crippen LogP contribution in [0.2, 0.25) is 0 Å². The van der Waals surface area contributed by atoms with Crippen LogP contribution in [0.25, 0.3) is 0 Å². The van der Waals surface area contributed by atoms with Gasteiger partial charge < -0.3 is 9.84 Å². The van der Waals surface area contributed by atoms with Crippen LogP contribution in [0.15, 0.2) is 22.7 Å². The van der Waals surface area contributed by atoms with Gasteiger partial charge in [-0.15, -0.1) is 0 Å². The van der Waals surface area contributed by atoms with Gasteiger partial charge in [0.25, 0.3) is 0 Å². The Bertz CT molecular complexity index is 348. The number of aliphatic hydroxyl groups excluding tert-OH is 1. The third-order valence-electron chi connectivity index (χ3n) is 1.72. The summed E-state index contributed by atoms with van der Waals surface area (Å²) in [6.45, 7) is 0. The molecule has 12 heavy (non-hydrogen) atoms. The Kier molecular flexibility index (Phi) is 1.66. The topological polar surface area (TPSA) is 46.5 Å². The molecular formula is C8H5BrO3. The maximum Gasteiger partial charge on any atom is 0.341 e. The van der Waals surface area contributed by atoms with E-state index in [0.29, 0.717) is 11.1 Å². The maximum absolute atomic E-state index is 11.0. The average molecular weight is 229 g/mol. The van der Waals surface area contributed by atoms with Crippen LogP contribution in [0.1, 0.15) is 22.2 Å². The number of halogens is 1. The summed E-state index contributed by atoms with van der Waals surface area (Å²) in [5.41, 5.74) is 0.958. The molecule has 0 amide bonds. The van der Waals surface area contributed by atoms with Crippen molar-refractivity contribution in [2.75, 3.05) is 0 Å². The third-order valence-corrected chi connectivity index (χ3v) is 2.21. The van der Waals surface area contributed by atoms with Gasteiger partial charge >= 0.3 is 5.97 Å². The molecule has 1 unspecified atom stereocenters. The SMILES string of the molecule is O=C1OC(O)c2ccc(Br)cc21. The van der Waals surface area contributed by atoms with Gasteiger partial charge in [-0.1, -0.05) is 22.0 Å². The van der Waals surface area contributed by atoms with E-state index in [4.69, 9.17) is 0 Å². The number of fused-ring (bicyclic) bond motifs is 1. The summed E-state index contributed by atoms with van der Waals surface area (Å²) in [6.07, 6.45) is -1.10. The van der Waals surface area contributed by atoms with Crippen molar-refractivity contribution in [1.29, 1.82) is 0 Å². The van der Waals surface area contributed by atoms with Crippen LogP contribution >= 0.6 is 15.9 Å². The lowest BCUT2D eigenvalue weighted by molar-refractivity contribution is -0.0547. The van der Waals surface area contributed by atoms with Crippen molar-refractivity contribution in [1.82, 2.24) is 0 Å². The van der Waals surface area contributed by atoms with Crippen molar-refractivity contribution in [3.63, 3.8) is 0 Å². The zero-order valence-electron chi connectivity index (χ0n) is 5.95. The van der Waals surface area contributed by atoms with Crippen molar-refractivity contribution in [2.24, 2.45) is 0 Å². The first kappa shape index (κ1) is 7.76. The summed E-state index contributed by atoms with van der Waals surface area (Å²) in [5, 5.41) is 9.18. The smallest absolute Gasteiger partial charge is 0.341 e. The van der Waals surface area contributed by atoms with Gasteiger partial charge in [-0.05, 0) is 12.1 Å². The highest BCUT2D eigenvalue weighted by molar-refractivity contribution is 9.10. The fraction of sp³-hybridized carbons (Fsp3) is 0.125. The molecule has 1 atom stereocenters. The Balaban J connectivity index is 2.60. The normalized spacial score (nSPS) is 20.5. The third kappa shape index (κ3) is 1.04. The van der Waals surface area contributed by atoms with Crippen LogP contribution in [0.5, 0.6) is 0 Å². The van der Waals surface area contributed by atoms with E-state index < -0.39 is 12.3 Å². The highest BCUT2D eigenvalue weighted by Gasteiger charge is 2.28. The van der Waals surface area contributed by atoms with E-state index in [1.807, 2.05) is 0 Å². The molecule has 3 nitrogen and oxygen atoms in total. The fourth-order valence-corrected chi connectivity index (χ4v) is 1.51. The molecule has 4 heteroatoms. The molecule has 62 valence electrons. The van der Waals surface area contributed by atoms with Crippen molar-refractivity contribution in [2.45, 2.75) is 6.29 Å². The molecule has 1 heterocycles. The standard InChI is InChI=1S/C8H5BrO3/c9-4-1-2-5-6(3-4)8(11)12-7(5)10/h1-3,7,10H. The van der Waals surface area contributed by atoms with Crippen LogP contribution in [0, 0.1) is 0 Å². The second-order valence-corrected chi connectivity index (χ2v) is 3.40. The Morgan fingerprint density at radius 2 is 2.25 bits per heavy atom. The Hall–Kier alpha value is -0.870. The van der Waals surface area contributed by atoms with E-state index in [1.165, 1.54) is 0 Å². The lowest BCUT2D eigenvalue weighted by atomic mass is 10.1. The summed E-state index contributed by atoms with van der Waals surface area (Å²) >= 11 is 3.22. The van der Waals surface area contributed by atoms with Gasteiger partial charge in [0.15, 0.2) is 0 Å². The molecule has 1 aliphatic heterocycles. The highest BCUT2D eigenvalue weighted by atomic mass is 79.9. The summed E-state index contributed by atoms with van der Waals surface area (Å²) < 4.78 is 5.38.